The van der Waals surface area contributed by atoms with Crippen molar-refractivity contribution < 1.29 is 13.6 Å². The summed E-state index contributed by atoms with van der Waals surface area (Å²) in [4.78, 5) is 11.2. The summed E-state index contributed by atoms with van der Waals surface area (Å²) in [6.07, 6.45) is -0.362. The number of halogens is 2. The maximum absolute atomic E-state index is 12.7. The summed E-state index contributed by atoms with van der Waals surface area (Å²) in [6.45, 7) is 0.746. The molecule has 2 N–H and O–H groups in total. The first kappa shape index (κ1) is 11.8. The molecule has 0 aliphatic heterocycles. The van der Waals surface area contributed by atoms with Crippen LogP contribution in [0, 0.1) is 0 Å². The number of hydrogen-bond acceptors (Lipinski definition) is 2. The standard InChI is InChI=1S/C11H13F2NO/c1-11(12,13)6-8-3-2-4-9(5-8)10(15)7-14/h2-5H,6-7,14H2,1H3. The molecule has 0 saturated heterocycles. The van der Waals surface area contributed by atoms with E-state index in [1.807, 2.05) is 0 Å². The summed E-state index contributed by atoms with van der Waals surface area (Å²) < 4.78 is 25.4. The molecule has 4 heteroatoms. The Labute approximate surface area is 87.1 Å². The molecule has 1 aromatic carbocycles. The Morgan fingerprint density at radius 3 is 2.67 bits per heavy atom. The third kappa shape index (κ3) is 3.75. The number of ketones is 1. The topological polar surface area (TPSA) is 43.1 Å². The predicted octanol–water partition coefficient (Wildman–Crippen LogP) is 2.03. The zero-order valence-corrected chi connectivity index (χ0v) is 8.47. The maximum atomic E-state index is 12.7. The first-order valence-electron chi connectivity index (χ1n) is 4.62. The van der Waals surface area contributed by atoms with Crippen LogP contribution in [0.1, 0.15) is 22.8 Å². The zero-order chi connectivity index (χ0) is 11.5. The number of rotatable bonds is 4. The third-order valence-corrected chi connectivity index (χ3v) is 1.95. The minimum Gasteiger partial charge on any atom is -0.324 e. The highest BCUT2D eigenvalue weighted by Gasteiger charge is 2.21. The minimum atomic E-state index is -2.76. The number of carbonyl (C=O) groups is 1. The molecule has 0 heterocycles. The molecule has 0 amide bonds. The average Bonchev–Trinajstić information content (AvgIpc) is 2.14. The molecular formula is C11H13F2NO. The van der Waals surface area contributed by atoms with Crippen LogP contribution in [0.4, 0.5) is 8.78 Å². The predicted molar refractivity (Wildman–Crippen MR) is 54.2 cm³/mol. The second-order valence-corrected chi connectivity index (χ2v) is 3.57. The monoisotopic (exact) mass is 213 g/mol. The van der Waals surface area contributed by atoms with Crippen molar-refractivity contribution in [1.82, 2.24) is 0 Å². The van der Waals surface area contributed by atoms with E-state index in [-0.39, 0.29) is 18.7 Å². The molecule has 0 aromatic heterocycles. The van der Waals surface area contributed by atoms with Gasteiger partial charge in [0.05, 0.1) is 6.54 Å². The quantitative estimate of drug-likeness (QED) is 0.777. The molecule has 82 valence electrons. The van der Waals surface area contributed by atoms with Gasteiger partial charge in [-0.2, -0.15) is 0 Å². The summed E-state index contributed by atoms with van der Waals surface area (Å²) in [6, 6.07) is 6.20. The van der Waals surface area contributed by atoms with Crippen LogP contribution in [0.25, 0.3) is 0 Å². The number of carbonyl (C=O) groups excluding carboxylic acids is 1. The molecule has 0 aliphatic rings. The Bertz CT molecular complexity index is 358. The number of nitrogens with two attached hydrogens (primary N) is 1. The van der Waals surface area contributed by atoms with Crippen LogP contribution < -0.4 is 5.73 Å². The second kappa shape index (κ2) is 4.49. The van der Waals surface area contributed by atoms with Gasteiger partial charge in [-0.05, 0) is 18.6 Å². The van der Waals surface area contributed by atoms with Crippen molar-refractivity contribution in [2.24, 2.45) is 5.73 Å². The van der Waals surface area contributed by atoms with E-state index in [0.717, 1.165) is 6.92 Å². The van der Waals surface area contributed by atoms with Gasteiger partial charge in [-0.15, -0.1) is 0 Å². The molecule has 0 radical (unpaired) electrons. The Morgan fingerprint density at radius 2 is 2.13 bits per heavy atom. The number of Topliss-reactive ketones (excluding diaryl/α,β-unsaturated/α-hetero) is 1. The number of benzene rings is 1. The Morgan fingerprint density at radius 1 is 1.47 bits per heavy atom. The van der Waals surface area contributed by atoms with E-state index in [9.17, 15) is 13.6 Å². The van der Waals surface area contributed by atoms with Gasteiger partial charge < -0.3 is 5.73 Å². The van der Waals surface area contributed by atoms with E-state index in [1.165, 1.54) is 6.07 Å². The van der Waals surface area contributed by atoms with Gasteiger partial charge in [-0.1, -0.05) is 18.2 Å². The van der Waals surface area contributed by atoms with Crippen molar-refractivity contribution in [2.45, 2.75) is 19.3 Å². The van der Waals surface area contributed by atoms with Gasteiger partial charge in [0.2, 0.25) is 5.92 Å². The van der Waals surface area contributed by atoms with E-state index in [1.54, 1.807) is 18.2 Å². The Kier molecular flexibility index (Phi) is 3.52. The van der Waals surface area contributed by atoms with Gasteiger partial charge in [0.15, 0.2) is 5.78 Å². The van der Waals surface area contributed by atoms with E-state index in [0.29, 0.717) is 11.1 Å². The average molecular weight is 213 g/mol. The minimum absolute atomic E-state index is 0.105. The fraction of sp³-hybridized carbons (Fsp3) is 0.364. The van der Waals surface area contributed by atoms with E-state index in [4.69, 9.17) is 5.73 Å². The van der Waals surface area contributed by atoms with Gasteiger partial charge in [0, 0.05) is 12.0 Å². The molecule has 1 aromatic rings. The molecule has 0 atom stereocenters. The number of hydrogen-bond donors (Lipinski definition) is 1. The summed E-state index contributed by atoms with van der Waals surface area (Å²) in [5.41, 5.74) is 6.02. The highest BCUT2D eigenvalue weighted by Crippen LogP contribution is 2.19. The van der Waals surface area contributed by atoms with Gasteiger partial charge in [0.25, 0.3) is 0 Å². The third-order valence-electron chi connectivity index (χ3n) is 1.95. The SMILES string of the molecule is CC(F)(F)Cc1cccc(C(=O)CN)c1. The second-order valence-electron chi connectivity index (χ2n) is 3.57. The highest BCUT2D eigenvalue weighted by atomic mass is 19.3. The molecule has 2 nitrogen and oxygen atoms in total. The van der Waals surface area contributed by atoms with Gasteiger partial charge >= 0.3 is 0 Å². The van der Waals surface area contributed by atoms with Crippen LogP contribution in [-0.4, -0.2) is 18.3 Å². The van der Waals surface area contributed by atoms with Crippen molar-refractivity contribution >= 4 is 5.78 Å². The van der Waals surface area contributed by atoms with Gasteiger partial charge in [0.1, 0.15) is 0 Å². The van der Waals surface area contributed by atoms with Gasteiger partial charge in [-0.3, -0.25) is 4.79 Å². The normalized spacial score (nSPS) is 11.5. The molecule has 0 aliphatic carbocycles. The van der Waals surface area contributed by atoms with Crippen LogP contribution >= 0.6 is 0 Å². The zero-order valence-electron chi connectivity index (χ0n) is 8.47. The smallest absolute Gasteiger partial charge is 0.249 e. The lowest BCUT2D eigenvalue weighted by molar-refractivity contribution is 0.0226. The first-order valence-corrected chi connectivity index (χ1v) is 4.62. The molecule has 15 heavy (non-hydrogen) atoms. The molecule has 0 unspecified atom stereocenters. The maximum Gasteiger partial charge on any atom is 0.249 e. The first-order chi connectivity index (χ1) is 6.92. The summed E-state index contributed by atoms with van der Waals surface area (Å²) >= 11 is 0. The van der Waals surface area contributed by atoms with Crippen LogP contribution in [0.5, 0.6) is 0 Å². The fourth-order valence-electron chi connectivity index (χ4n) is 1.33. The van der Waals surface area contributed by atoms with Crippen LogP contribution in [-0.2, 0) is 6.42 Å². The Hall–Kier alpha value is -1.29. The van der Waals surface area contributed by atoms with Gasteiger partial charge in [-0.25, -0.2) is 8.78 Å². The van der Waals surface area contributed by atoms with Crippen LogP contribution in [0.3, 0.4) is 0 Å². The lowest BCUT2D eigenvalue weighted by Crippen LogP contribution is -2.16. The molecule has 0 saturated carbocycles. The van der Waals surface area contributed by atoms with Crippen molar-refractivity contribution in [3.8, 4) is 0 Å². The van der Waals surface area contributed by atoms with Crippen LogP contribution in [0.15, 0.2) is 24.3 Å². The van der Waals surface area contributed by atoms with Crippen molar-refractivity contribution in [3.05, 3.63) is 35.4 Å². The van der Waals surface area contributed by atoms with Crippen molar-refractivity contribution in [3.63, 3.8) is 0 Å². The van der Waals surface area contributed by atoms with Crippen LogP contribution in [0.2, 0.25) is 0 Å². The largest absolute Gasteiger partial charge is 0.324 e. The lowest BCUT2D eigenvalue weighted by atomic mass is 10.0. The summed E-state index contributed by atoms with van der Waals surface area (Å²) in [7, 11) is 0. The van der Waals surface area contributed by atoms with E-state index >= 15 is 0 Å². The van der Waals surface area contributed by atoms with Crippen molar-refractivity contribution in [2.75, 3.05) is 6.54 Å². The summed E-state index contributed by atoms with van der Waals surface area (Å²) in [5, 5.41) is 0. The molecule has 1 rings (SSSR count). The number of alkyl halides is 2. The molecular weight excluding hydrogens is 200 g/mol. The lowest BCUT2D eigenvalue weighted by Gasteiger charge is -2.10. The Balaban J connectivity index is 2.88. The fourth-order valence-corrected chi connectivity index (χ4v) is 1.33. The molecule has 0 bridgehead atoms. The molecule has 0 fully saturated rings. The highest BCUT2D eigenvalue weighted by molar-refractivity contribution is 5.97. The van der Waals surface area contributed by atoms with Crippen molar-refractivity contribution in [1.29, 1.82) is 0 Å². The molecule has 0 spiro atoms. The van der Waals surface area contributed by atoms with E-state index < -0.39 is 5.92 Å². The van der Waals surface area contributed by atoms with E-state index in [2.05, 4.69) is 0 Å². The summed E-state index contributed by atoms with van der Waals surface area (Å²) in [5.74, 6) is -3.00.